The summed E-state index contributed by atoms with van der Waals surface area (Å²) in [5.74, 6) is -5.72. The van der Waals surface area contributed by atoms with E-state index in [9.17, 15) is 31.1 Å². The number of pyridine rings is 2. The Kier molecular flexibility index (Phi) is 5.33. The van der Waals surface area contributed by atoms with Crippen LogP contribution in [0.5, 0.6) is 0 Å². The van der Waals surface area contributed by atoms with Crippen LogP contribution in [0.2, 0.25) is 0 Å². The SMILES string of the molecule is O=C(NC(c1cccc[nH+]1)C(F)(F)F)c1[nH]c(-c2cc(F)c(F)c(F)c2)[n+]2ccccc12. The van der Waals surface area contributed by atoms with Gasteiger partial charge in [-0.1, -0.05) is 12.1 Å². The number of aromatic amines is 2. The highest BCUT2D eigenvalue weighted by atomic mass is 19.4. The lowest BCUT2D eigenvalue weighted by Gasteiger charge is -2.17. The molecule has 0 radical (unpaired) electrons. The van der Waals surface area contributed by atoms with Crippen molar-refractivity contribution < 1.29 is 40.5 Å². The number of hydrogen-bond acceptors (Lipinski definition) is 1. The summed E-state index contributed by atoms with van der Waals surface area (Å²) in [7, 11) is 0. The monoisotopic (exact) mass is 452 g/mol. The van der Waals surface area contributed by atoms with Gasteiger partial charge in [0.25, 0.3) is 11.7 Å². The normalized spacial score (nSPS) is 12.7. The molecule has 1 aromatic carbocycles. The number of alkyl halides is 3. The topological polar surface area (TPSA) is 63.1 Å². The fourth-order valence-electron chi connectivity index (χ4n) is 3.29. The first-order valence-electron chi connectivity index (χ1n) is 9.18. The second-order valence-electron chi connectivity index (χ2n) is 6.82. The zero-order chi connectivity index (χ0) is 23.0. The van der Waals surface area contributed by atoms with E-state index in [1.165, 1.54) is 47.1 Å². The number of halogens is 6. The molecule has 0 spiro atoms. The molecule has 4 rings (SSSR count). The van der Waals surface area contributed by atoms with Gasteiger partial charge in [0.05, 0.1) is 11.8 Å². The predicted molar refractivity (Wildman–Crippen MR) is 98.5 cm³/mol. The van der Waals surface area contributed by atoms with Crippen LogP contribution in [0.1, 0.15) is 22.2 Å². The van der Waals surface area contributed by atoms with E-state index in [0.29, 0.717) is 12.1 Å². The van der Waals surface area contributed by atoms with Crippen molar-refractivity contribution in [1.82, 2.24) is 10.3 Å². The van der Waals surface area contributed by atoms with Gasteiger partial charge in [-0.25, -0.2) is 23.1 Å². The first-order valence-corrected chi connectivity index (χ1v) is 9.18. The van der Waals surface area contributed by atoms with Gasteiger partial charge in [-0.2, -0.15) is 17.6 Å². The van der Waals surface area contributed by atoms with Gasteiger partial charge in [-0.05, 0) is 24.3 Å². The van der Waals surface area contributed by atoms with E-state index in [2.05, 4.69) is 9.97 Å². The number of imidazole rings is 1. The number of rotatable bonds is 4. The highest BCUT2D eigenvalue weighted by Gasteiger charge is 2.46. The van der Waals surface area contributed by atoms with Crippen LogP contribution in [0.25, 0.3) is 16.9 Å². The Morgan fingerprint density at radius 1 is 1.03 bits per heavy atom. The molecular formula is C21H14F6N4O+2. The maximum Gasteiger partial charge on any atom is 0.418 e. The minimum atomic E-state index is -4.81. The molecule has 1 unspecified atom stereocenters. The van der Waals surface area contributed by atoms with E-state index in [0.717, 1.165) is 0 Å². The Morgan fingerprint density at radius 2 is 1.72 bits per heavy atom. The molecule has 0 aliphatic heterocycles. The second kappa shape index (κ2) is 7.98. The summed E-state index contributed by atoms with van der Waals surface area (Å²) >= 11 is 0. The molecule has 1 atom stereocenters. The summed E-state index contributed by atoms with van der Waals surface area (Å²) in [5, 5.41) is 1.93. The highest BCUT2D eigenvalue weighted by molar-refractivity contribution is 5.98. The van der Waals surface area contributed by atoms with Gasteiger partial charge in [0, 0.05) is 12.1 Å². The van der Waals surface area contributed by atoms with Crippen molar-refractivity contribution in [3.63, 3.8) is 0 Å². The van der Waals surface area contributed by atoms with Crippen LogP contribution in [-0.2, 0) is 0 Å². The van der Waals surface area contributed by atoms with Gasteiger partial charge in [-0.3, -0.25) is 4.79 Å². The van der Waals surface area contributed by atoms with E-state index in [1.807, 2.05) is 5.32 Å². The number of benzene rings is 1. The lowest BCUT2D eigenvalue weighted by molar-refractivity contribution is -0.498. The van der Waals surface area contributed by atoms with Gasteiger partial charge in [0.15, 0.2) is 29.2 Å². The number of carbonyl (C=O) groups excluding carboxylic acids is 1. The van der Waals surface area contributed by atoms with Gasteiger partial charge < -0.3 is 5.32 Å². The molecule has 3 heterocycles. The van der Waals surface area contributed by atoms with Crippen LogP contribution in [-0.4, -0.2) is 17.1 Å². The molecule has 1 amide bonds. The number of H-pyrrole nitrogens is 2. The van der Waals surface area contributed by atoms with Crippen molar-refractivity contribution in [3.8, 4) is 11.4 Å². The van der Waals surface area contributed by atoms with Crippen LogP contribution in [0, 0.1) is 17.5 Å². The van der Waals surface area contributed by atoms with Crippen LogP contribution in [0.3, 0.4) is 0 Å². The minimum Gasteiger partial charge on any atom is -0.328 e. The molecule has 11 heteroatoms. The lowest BCUT2D eigenvalue weighted by Crippen LogP contribution is -2.41. The average molecular weight is 452 g/mol. The van der Waals surface area contributed by atoms with Crippen molar-refractivity contribution in [1.29, 1.82) is 0 Å². The zero-order valence-corrected chi connectivity index (χ0v) is 16.0. The van der Waals surface area contributed by atoms with E-state index in [1.54, 1.807) is 6.07 Å². The summed E-state index contributed by atoms with van der Waals surface area (Å²) in [6.07, 6.45) is -2.09. The van der Waals surface area contributed by atoms with Crippen LogP contribution < -0.4 is 14.7 Å². The number of carbonyl (C=O) groups is 1. The third kappa shape index (κ3) is 3.88. The van der Waals surface area contributed by atoms with E-state index in [-0.39, 0.29) is 28.3 Å². The Labute approximate surface area is 176 Å². The van der Waals surface area contributed by atoms with Crippen molar-refractivity contribution in [3.05, 3.63) is 89.8 Å². The highest BCUT2D eigenvalue weighted by Crippen LogP contribution is 2.31. The van der Waals surface area contributed by atoms with Crippen LogP contribution in [0.15, 0.2) is 60.9 Å². The summed E-state index contributed by atoms with van der Waals surface area (Å²) in [4.78, 5) is 17.9. The van der Waals surface area contributed by atoms with Gasteiger partial charge in [0.1, 0.15) is 0 Å². The molecule has 0 aliphatic rings. The Morgan fingerprint density at radius 3 is 2.34 bits per heavy atom. The van der Waals surface area contributed by atoms with E-state index >= 15 is 0 Å². The molecule has 3 N–H and O–H groups in total. The first-order chi connectivity index (χ1) is 15.2. The maximum absolute atomic E-state index is 13.7. The van der Waals surface area contributed by atoms with Crippen molar-refractivity contribution >= 4 is 11.4 Å². The van der Waals surface area contributed by atoms with Crippen molar-refractivity contribution in [2.45, 2.75) is 12.2 Å². The molecule has 0 saturated carbocycles. The molecule has 3 aromatic heterocycles. The average Bonchev–Trinajstić information content (AvgIpc) is 3.15. The molecule has 4 aromatic rings. The lowest BCUT2D eigenvalue weighted by atomic mass is 10.1. The minimum absolute atomic E-state index is 0.0293. The van der Waals surface area contributed by atoms with Gasteiger partial charge in [0.2, 0.25) is 17.4 Å². The largest absolute Gasteiger partial charge is 0.418 e. The first kappa shape index (κ1) is 21.3. The van der Waals surface area contributed by atoms with Crippen molar-refractivity contribution in [2.75, 3.05) is 0 Å². The van der Waals surface area contributed by atoms with E-state index in [4.69, 9.17) is 0 Å². The molecule has 0 aliphatic carbocycles. The summed E-state index contributed by atoms with van der Waals surface area (Å²) in [6, 6.07) is 7.63. The molecule has 0 saturated heterocycles. The number of aromatic nitrogens is 3. The van der Waals surface area contributed by atoms with Crippen LogP contribution >= 0.6 is 0 Å². The molecule has 164 valence electrons. The summed E-state index contributed by atoms with van der Waals surface area (Å²) < 4.78 is 83.0. The number of nitrogens with zero attached hydrogens (tertiary/aromatic N) is 1. The quantitative estimate of drug-likeness (QED) is 0.277. The van der Waals surface area contributed by atoms with E-state index < -0.39 is 35.6 Å². The van der Waals surface area contributed by atoms with Crippen LogP contribution in [0.4, 0.5) is 26.3 Å². The molecular weight excluding hydrogens is 438 g/mol. The number of nitrogens with one attached hydrogen (secondary N) is 3. The maximum atomic E-state index is 13.7. The fraction of sp³-hybridized carbons (Fsp3) is 0.0952. The number of amides is 1. The second-order valence-corrected chi connectivity index (χ2v) is 6.82. The Balaban J connectivity index is 1.79. The molecule has 32 heavy (non-hydrogen) atoms. The number of hydrogen-bond donors (Lipinski definition) is 2. The third-order valence-electron chi connectivity index (χ3n) is 4.73. The third-order valence-corrected chi connectivity index (χ3v) is 4.73. The Bertz CT molecular complexity index is 1280. The summed E-state index contributed by atoms with van der Waals surface area (Å²) in [5.41, 5.74) is -0.579. The molecule has 0 bridgehead atoms. The standard InChI is InChI=1S/C21H12F6N4O/c22-12-9-11(10-13(23)16(12)24)19-29-17(15-6-2-4-8-31(15)19)20(32)30-18(21(25,26)27)14-5-1-3-7-28-14/h1-10,18H,(H,30,32)/p+2. The molecule has 5 nitrogen and oxygen atoms in total. The molecule has 0 fully saturated rings. The fourth-order valence-corrected chi connectivity index (χ4v) is 3.29. The zero-order valence-electron chi connectivity index (χ0n) is 16.0. The Hall–Kier alpha value is -3.89. The van der Waals surface area contributed by atoms with Gasteiger partial charge >= 0.3 is 6.18 Å². The summed E-state index contributed by atoms with van der Waals surface area (Å²) in [6.45, 7) is 0. The smallest absolute Gasteiger partial charge is 0.328 e. The van der Waals surface area contributed by atoms with Crippen molar-refractivity contribution in [2.24, 2.45) is 0 Å². The predicted octanol–water partition coefficient (Wildman–Crippen LogP) is 3.69. The van der Waals surface area contributed by atoms with Gasteiger partial charge in [-0.15, -0.1) is 0 Å². The number of fused-ring (bicyclic) bond motifs is 1.